The number of H-pyrrole nitrogens is 1. The minimum Gasteiger partial charge on any atom is -0.407 e. The molecule has 2 heterocycles. The summed E-state index contributed by atoms with van der Waals surface area (Å²) >= 11 is 6.00. The van der Waals surface area contributed by atoms with Crippen molar-refractivity contribution in [1.82, 2.24) is 9.97 Å². The molecule has 0 saturated heterocycles. The number of rotatable bonds is 4. The van der Waals surface area contributed by atoms with Crippen LogP contribution in [0.3, 0.4) is 0 Å². The summed E-state index contributed by atoms with van der Waals surface area (Å²) in [4.78, 5) is 20.5. The number of benzene rings is 3. The molecule has 1 aliphatic rings. The average Bonchev–Trinajstić information content (AvgIpc) is 3.21. The maximum Gasteiger partial charge on any atom is 0.317 e. The molecule has 2 atom stereocenters. The van der Waals surface area contributed by atoms with Crippen LogP contribution in [0.4, 0.5) is 8.78 Å². The second-order valence-electron chi connectivity index (χ2n) is 7.67. The lowest BCUT2D eigenvalue weighted by Crippen LogP contribution is -2.34. The Morgan fingerprint density at radius 2 is 1.75 bits per heavy atom. The minimum atomic E-state index is -0.627. The van der Waals surface area contributed by atoms with Gasteiger partial charge >= 0.3 is 5.97 Å². The summed E-state index contributed by atoms with van der Waals surface area (Å²) in [6, 6.07) is 19.9. The molecule has 4 nitrogen and oxygen atoms in total. The monoisotopic (exact) mass is 450 g/mol. The number of hydrogen-bond donors (Lipinski definition) is 1. The number of hydrogen-bond acceptors (Lipinski definition) is 3. The Bertz CT molecular complexity index is 1290. The highest BCUT2D eigenvalue weighted by atomic mass is 35.5. The molecular formula is C25H17ClF2N2O2. The van der Waals surface area contributed by atoms with Crippen molar-refractivity contribution in [3.8, 4) is 17.3 Å². The molecule has 2 unspecified atom stereocenters. The van der Waals surface area contributed by atoms with Gasteiger partial charge < -0.3 is 9.72 Å². The van der Waals surface area contributed by atoms with E-state index in [0.29, 0.717) is 17.1 Å². The fourth-order valence-corrected chi connectivity index (χ4v) is 4.22. The number of fused-ring (bicyclic) bond motifs is 1. The number of carbonyl (C=O) groups is 1. The van der Waals surface area contributed by atoms with Crippen LogP contribution in [-0.4, -0.2) is 15.9 Å². The van der Waals surface area contributed by atoms with Gasteiger partial charge in [0, 0.05) is 10.9 Å². The van der Waals surface area contributed by atoms with Crippen LogP contribution in [0, 0.1) is 17.6 Å². The van der Waals surface area contributed by atoms with Gasteiger partial charge in [-0.2, -0.15) is 0 Å². The fourth-order valence-electron chi connectivity index (χ4n) is 4.09. The summed E-state index contributed by atoms with van der Waals surface area (Å²) in [5, 5.41) is 0.607. The summed E-state index contributed by atoms with van der Waals surface area (Å²) in [7, 11) is 0. The molecule has 1 aliphatic heterocycles. The van der Waals surface area contributed by atoms with Gasteiger partial charge in [-0.15, -0.1) is 0 Å². The van der Waals surface area contributed by atoms with Gasteiger partial charge in [0.1, 0.15) is 23.2 Å². The first-order valence-electron chi connectivity index (χ1n) is 10.1. The van der Waals surface area contributed by atoms with Gasteiger partial charge in [-0.3, -0.25) is 4.79 Å². The topological polar surface area (TPSA) is 55.0 Å². The quantitative estimate of drug-likeness (QED) is 0.393. The lowest BCUT2D eigenvalue weighted by molar-refractivity contribution is -0.141. The third kappa shape index (κ3) is 3.78. The molecule has 0 amide bonds. The van der Waals surface area contributed by atoms with Gasteiger partial charge in [0.2, 0.25) is 5.88 Å². The Kier molecular flexibility index (Phi) is 5.23. The highest BCUT2D eigenvalue weighted by Gasteiger charge is 2.41. The lowest BCUT2D eigenvalue weighted by Gasteiger charge is -2.29. The van der Waals surface area contributed by atoms with Gasteiger partial charge in [-0.05, 0) is 47.9 Å². The molecule has 32 heavy (non-hydrogen) atoms. The molecule has 1 aromatic heterocycles. The summed E-state index contributed by atoms with van der Waals surface area (Å²) < 4.78 is 33.7. The zero-order chi connectivity index (χ0) is 22.2. The smallest absolute Gasteiger partial charge is 0.317 e. The van der Waals surface area contributed by atoms with Crippen LogP contribution in [0.2, 0.25) is 5.02 Å². The van der Waals surface area contributed by atoms with Crippen LogP contribution in [-0.2, 0) is 11.2 Å². The summed E-state index contributed by atoms with van der Waals surface area (Å²) in [6.45, 7) is 0. The van der Waals surface area contributed by atoms with Crippen molar-refractivity contribution in [1.29, 1.82) is 0 Å². The van der Waals surface area contributed by atoms with E-state index in [1.54, 1.807) is 12.1 Å². The van der Waals surface area contributed by atoms with Crippen molar-refractivity contribution < 1.29 is 18.3 Å². The fraction of sp³-hybridized carbons (Fsp3) is 0.120. The predicted octanol–water partition coefficient (Wildman–Crippen LogP) is 5.92. The Morgan fingerprint density at radius 3 is 2.50 bits per heavy atom. The van der Waals surface area contributed by atoms with E-state index in [1.165, 1.54) is 0 Å². The number of halogens is 3. The van der Waals surface area contributed by atoms with Gasteiger partial charge in [0.05, 0.1) is 11.5 Å². The Labute approximate surface area is 187 Å². The maximum absolute atomic E-state index is 14.4. The van der Waals surface area contributed by atoms with E-state index in [4.69, 9.17) is 16.3 Å². The number of imidazole rings is 1. The zero-order valence-electron chi connectivity index (χ0n) is 16.7. The number of nitrogens with one attached hydrogen (secondary N) is 1. The maximum atomic E-state index is 14.4. The van der Waals surface area contributed by atoms with E-state index in [2.05, 4.69) is 9.97 Å². The van der Waals surface area contributed by atoms with Crippen LogP contribution in [0.15, 0.2) is 72.8 Å². The van der Waals surface area contributed by atoms with Crippen molar-refractivity contribution in [3.05, 3.63) is 106 Å². The molecule has 0 aliphatic carbocycles. The zero-order valence-corrected chi connectivity index (χ0v) is 17.4. The SMILES string of the molecule is O=C1Oc2[nH]c(-c3cc(F)ccc3F)nc2C(c2ccccc2)C1Cc1ccc(Cl)cc1. The van der Waals surface area contributed by atoms with Crippen molar-refractivity contribution >= 4 is 17.6 Å². The molecule has 0 bridgehead atoms. The van der Waals surface area contributed by atoms with E-state index < -0.39 is 29.4 Å². The van der Waals surface area contributed by atoms with E-state index in [0.717, 1.165) is 29.3 Å². The Hall–Kier alpha value is -3.51. The Balaban J connectivity index is 1.61. The first kappa shape index (κ1) is 20.4. The van der Waals surface area contributed by atoms with Crippen LogP contribution >= 0.6 is 11.6 Å². The molecule has 0 spiro atoms. The number of aromatic nitrogens is 2. The number of nitrogens with zero attached hydrogens (tertiary/aromatic N) is 1. The van der Waals surface area contributed by atoms with E-state index in [1.807, 2.05) is 42.5 Å². The number of carbonyl (C=O) groups excluding carboxylic acids is 1. The standard InChI is InChI=1S/C25H17ClF2N2O2/c26-16-8-6-14(7-9-16)12-19-21(15-4-2-1-3-5-15)22-24(32-25(19)31)30-23(29-22)18-13-17(27)10-11-20(18)28/h1-11,13,19,21H,12H2,(H,29,30). The predicted molar refractivity (Wildman–Crippen MR) is 117 cm³/mol. The van der Waals surface area contributed by atoms with Crippen LogP contribution < -0.4 is 4.74 Å². The molecule has 5 rings (SSSR count). The minimum absolute atomic E-state index is 0.0310. The van der Waals surface area contributed by atoms with E-state index in [9.17, 15) is 13.6 Å². The molecule has 4 aromatic rings. The normalized spacial score (nSPS) is 17.7. The molecule has 0 saturated carbocycles. The molecular weight excluding hydrogens is 434 g/mol. The highest BCUT2D eigenvalue weighted by molar-refractivity contribution is 6.30. The Morgan fingerprint density at radius 1 is 1.00 bits per heavy atom. The molecule has 7 heteroatoms. The first-order chi connectivity index (χ1) is 15.5. The summed E-state index contributed by atoms with van der Waals surface area (Å²) in [5.74, 6) is -2.37. The largest absolute Gasteiger partial charge is 0.407 e. The van der Waals surface area contributed by atoms with Crippen molar-refractivity contribution in [2.24, 2.45) is 5.92 Å². The molecule has 0 radical (unpaired) electrons. The first-order valence-corrected chi connectivity index (χ1v) is 10.4. The third-order valence-corrected chi connectivity index (χ3v) is 5.86. The molecule has 160 valence electrons. The van der Waals surface area contributed by atoms with Crippen molar-refractivity contribution in [2.75, 3.05) is 0 Å². The van der Waals surface area contributed by atoms with Gasteiger partial charge in [0.15, 0.2) is 0 Å². The van der Waals surface area contributed by atoms with Gasteiger partial charge in [0.25, 0.3) is 0 Å². The summed E-state index contributed by atoms with van der Waals surface area (Å²) in [5.41, 5.74) is 2.25. The van der Waals surface area contributed by atoms with E-state index >= 15 is 0 Å². The molecule has 3 aromatic carbocycles. The second-order valence-corrected chi connectivity index (χ2v) is 8.11. The average molecular weight is 451 g/mol. The third-order valence-electron chi connectivity index (χ3n) is 5.61. The van der Waals surface area contributed by atoms with Crippen LogP contribution in [0.25, 0.3) is 11.4 Å². The molecule has 0 fully saturated rings. The van der Waals surface area contributed by atoms with Crippen molar-refractivity contribution in [3.63, 3.8) is 0 Å². The lowest BCUT2D eigenvalue weighted by atomic mass is 9.79. The van der Waals surface area contributed by atoms with Gasteiger partial charge in [-0.25, -0.2) is 13.8 Å². The number of esters is 1. The summed E-state index contributed by atoms with van der Waals surface area (Å²) in [6.07, 6.45) is 0.408. The number of aromatic amines is 1. The van der Waals surface area contributed by atoms with Gasteiger partial charge in [-0.1, -0.05) is 54.1 Å². The molecule has 1 N–H and O–H groups in total. The van der Waals surface area contributed by atoms with Crippen molar-refractivity contribution in [2.45, 2.75) is 12.3 Å². The van der Waals surface area contributed by atoms with Crippen LogP contribution in [0.5, 0.6) is 5.88 Å². The highest BCUT2D eigenvalue weighted by Crippen LogP contribution is 2.43. The number of ether oxygens (including phenoxy) is 1. The second kappa shape index (κ2) is 8.20. The van der Waals surface area contributed by atoms with E-state index in [-0.39, 0.29) is 17.3 Å². The van der Waals surface area contributed by atoms with Crippen LogP contribution in [0.1, 0.15) is 22.7 Å².